The second-order valence-corrected chi connectivity index (χ2v) is 7.60. The van der Waals surface area contributed by atoms with Crippen molar-refractivity contribution in [2.24, 2.45) is 0 Å². The van der Waals surface area contributed by atoms with Crippen molar-refractivity contribution in [1.29, 1.82) is 0 Å². The molecule has 32 heavy (non-hydrogen) atoms. The number of hydrogen-bond donors (Lipinski definition) is 0. The maximum Gasteiger partial charge on any atom is 0.258 e. The van der Waals surface area contributed by atoms with Crippen LogP contribution in [-0.2, 0) is 19.6 Å². The van der Waals surface area contributed by atoms with E-state index >= 15 is 0 Å². The number of halogens is 1. The molecule has 1 amide bonds. The molecule has 4 nitrogen and oxygen atoms in total. The molecule has 0 N–H and O–H groups in total. The Kier molecular flexibility index (Phi) is 6.66. The molecule has 3 aromatic carbocycles. The topological polar surface area (TPSA) is 34.5 Å². The summed E-state index contributed by atoms with van der Waals surface area (Å²) in [7, 11) is 1.57. The molecular formula is C27H25FN2O2. The minimum Gasteiger partial charge on any atom is -0.496 e. The summed E-state index contributed by atoms with van der Waals surface area (Å²) >= 11 is 0. The Morgan fingerprint density at radius 3 is 2.41 bits per heavy atom. The average molecular weight is 429 g/mol. The van der Waals surface area contributed by atoms with Crippen molar-refractivity contribution in [2.75, 3.05) is 7.11 Å². The first-order chi connectivity index (χ1) is 15.6. The highest BCUT2D eigenvalue weighted by atomic mass is 19.1. The Labute approximate surface area is 187 Å². The van der Waals surface area contributed by atoms with Crippen molar-refractivity contribution in [1.82, 2.24) is 9.47 Å². The van der Waals surface area contributed by atoms with Gasteiger partial charge < -0.3 is 14.2 Å². The third kappa shape index (κ3) is 5.06. The fourth-order valence-corrected chi connectivity index (χ4v) is 3.77. The number of aromatic nitrogens is 1. The summed E-state index contributed by atoms with van der Waals surface area (Å²) in [5.74, 6) is 0.184. The minimum absolute atomic E-state index is 0.107. The quantitative estimate of drug-likeness (QED) is 0.370. The van der Waals surface area contributed by atoms with Crippen LogP contribution in [0.2, 0.25) is 0 Å². The summed E-state index contributed by atoms with van der Waals surface area (Å²) in [6.45, 7) is 1.40. The molecule has 0 aliphatic carbocycles. The zero-order valence-corrected chi connectivity index (χ0v) is 17.9. The molecule has 0 saturated carbocycles. The Bertz CT molecular complexity index is 1190. The van der Waals surface area contributed by atoms with E-state index < -0.39 is 0 Å². The molecule has 0 bridgehead atoms. The summed E-state index contributed by atoms with van der Waals surface area (Å²) in [5.41, 5.74) is 3.40. The zero-order valence-electron chi connectivity index (χ0n) is 17.9. The monoisotopic (exact) mass is 428 g/mol. The van der Waals surface area contributed by atoms with Crippen molar-refractivity contribution in [3.05, 3.63) is 125 Å². The van der Waals surface area contributed by atoms with Crippen LogP contribution in [0.4, 0.5) is 4.39 Å². The first kappa shape index (κ1) is 21.4. The number of carbonyl (C=O) groups excluding carboxylic acids is 1. The van der Waals surface area contributed by atoms with Crippen molar-refractivity contribution in [3.63, 3.8) is 0 Å². The third-order valence-electron chi connectivity index (χ3n) is 5.36. The van der Waals surface area contributed by atoms with E-state index in [-0.39, 0.29) is 11.7 Å². The number of rotatable bonds is 8. The molecule has 4 aromatic rings. The van der Waals surface area contributed by atoms with Gasteiger partial charge in [0.1, 0.15) is 11.6 Å². The SMILES string of the molecule is COc1ccccc1C(=O)N(Cc1ccccc1)Cc1cccn1Cc1cccc(F)c1. The number of carbonyl (C=O) groups is 1. The molecule has 5 heteroatoms. The van der Waals surface area contributed by atoms with Gasteiger partial charge in [0.2, 0.25) is 0 Å². The van der Waals surface area contributed by atoms with Crippen LogP contribution in [0.3, 0.4) is 0 Å². The van der Waals surface area contributed by atoms with Crippen LogP contribution in [-0.4, -0.2) is 22.5 Å². The molecule has 0 saturated heterocycles. The zero-order chi connectivity index (χ0) is 22.3. The standard InChI is InChI=1S/C27H25FN2O2/c1-32-26-15-6-5-14-25(26)27(31)30(18-21-9-3-2-4-10-21)20-24-13-8-16-29(24)19-22-11-7-12-23(28)17-22/h2-17H,18-20H2,1H3. The van der Waals surface area contributed by atoms with Crippen LogP contribution in [0.5, 0.6) is 5.75 Å². The van der Waals surface area contributed by atoms with Crippen LogP contribution in [0, 0.1) is 5.82 Å². The van der Waals surface area contributed by atoms with Gasteiger partial charge in [-0.25, -0.2) is 4.39 Å². The van der Waals surface area contributed by atoms with Crippen molar-refractivity contribution >= 4 is 5.91 Å². The molecule has 4 rings (SSSR count). The Morgan fingerprint density at radius 1 is 0.875 bits per heavy atom. The van der Waals surface area contributed by atoms with Gasteiger partial charge in [0.15, 0.2) is 0 Å². The molecule has 1 heterocycles. The average Bonchev–Trinajstić information content (AvgIpc) is 3.25. The molecule has 0 fully saturated rings. The van der Waals surface area contributed by atoms with Gasteiger partial charge in [0.25, 0.3) is 5.91 Å². The van der Waals surface area contributed by atoms with Gasteiger partial charge in [0, 0.05) is 25.0 Å². The summed E-state index contributed by atoms with van der Waals surface area (Å²) in [6, 6.07) is 27.7. The fourth-order valence-electron chi connectivity index (χ4n) is 3.77. The molecule has 0 aliphatic heterocycles. The molecule has 162 valence electrons. The molecule has 1 aromatic heterocycles. The predicted molar refractivity (Wildman–Crippen MR) is 123 cm³/mol. The maximum absolute atomic E-state index is 13.6. The van der Waals surface area contributed by atoms with Gasteiger partial charge in [-0.05, 0) is 47.5 Å². The fraction of sp³-hybridized carbons (Fsp3) is 0.148. The van der Waals surface area contributed by atoms with Crippen LogP contribution in [0.1, 0.15) is 27.2 Å². The maximum atomic E-state index is 13.6. The van der Waals surface area contributed by atoms with Gasteiger partial charge in [-0.3, -0.25) is 4.79 Å². The van der Waals surface area contributed by atoms with Gasteiger partial charge in [0.05, 0.1) is 19.2 Å². The van der Waals surface area contributed by atoms with Crippen LogP contribution >= 0.6 is 0 Å². The lowest BCUT2D eigenvalue weighted by Gasteiger charge is -2.25. The first-order valence-electron chi connectivity index (χ1n) is 10.5. The molecule has 0 radical (unpaired) electrons. The highest BCUT2D eigenvalue weighted by Gasteiger charge is 2.21. The lowest BCUT2D eigenvalue weighted by atomic mass is 10.1. The normalized spacial score (nSPS) is 10.7. The lowest BCUT2D eigenvalue weighted by Crippen LogP contribution is -2.31. The van der Waals surface area contributed by atoms with E-state index in [9.17, 15) is 9.18 Å². The third-order valence-corrected chi connectivity index (χ3v) is 5.36. The second-order valence-electron chi connectivity index (χ2n) is 7.60. The largest absolute Gasteiger partial charge is 0.496 e. The van der Waals surface area contributed by atoms with E-state index in [2.05, 4.69) is 0 Å². The Hall–Kier alpha value is -3.86. The van der Waals surface area contributed by atoms with Gasteiger partial charge in [-0.15, -0.1) is 0 Å². The van der Waals surface area contributed by atoms with E-state index in [0.29, 0.717) is 30.9 Å². The van der Waals surface area contributed by atoms with E-state index in [1.807, 2.05) is 76.3 Å². The van der Waals surface area contributed by atoms with Crippen LogP contribution in [0.25, 0.3) is 0 Å². The van der Waals surface area contributed by atoms with Gasteiger partial charge in [-0.2, -0.15) is 0 Å². The van der Waals surface area contributed by atoms with Gasteiger partial charge >= 0.3 is 0 Å². The van der Waals surface area contributed by atoms with Gasteiger partial charge in [-0.1, -0.05) is 54.6 Å². The molecular weight excluding hydrogens is 403 g/mol. The molecule has 0 spiro atoms. The molecule has 0 unspecified atom stereocenters. The predicted octanol–water partition coefficient (Wildman–Crippen LogP) is 5.53. The molecule has 0 aliphatic rings. The van der Waals surface area contributed by atoms with Crippen molar-refractivity contribution < 1.29 is 13.9 Å². The number of para-hydroxylation sites is 1. The number of ether oxygens (including phenoxy) is 1. The van der Waals surface area contributed by atoms with Crippen molar-refractivity contribution in [2.45, 2.75) is 19.6 Å². The number of amides is 1. The number of methoxy groups -OCH3 is 1. The van der Waals surface area contributed by atoms with Crippen LogP contribution in [0.15, 0.2) is 97.2 Å². The first-order valence-corrected chi connectivity index (χ1v) is 10.5. The van der Waals surface area contributed by atoms with Crippen molar-refractivity contribution in [3.8, 4) is 5.75 Å². The highest BCUT2D eigenvalue weighted by Crippen LogP contribution is 2.22. The second kappa shape index (κ2) is 9.96. The van der Waals surface area contributed by atoms with E-state index in [1.165, 1.54) is 12.1 Å². The smallest absolute Gasteiger partial charge is 0.258 e. The number of hydrogen-bond acceptors (Lipinski definition) is 2. The summed E-state index contributed by atoms with van der Waals surface area (Å²) < 4.78 is 21.1. The molecule has 0 atom stereocenters. The Morgan fingerprint density at radius 2 is 1.62 bits per heavy atom. The van der Waals surface area contributed by atoms with Crippen LogP contribution < -0.4 is 4.74 Å². The summed E-state index contributed by atoms with van der Waals surface area (Å²) in [5, 5.41) is 0. The van der Waals surface area contributed by atoms with E-state index in [1.54, 1.807) is 25.3 Å². The minimum atomic E-state index is -0.256. The number of nitrogens with zero attached hydrogens (tertiary/aromatic N) is 2. The summed E-state index contributed by atoms with van der Waals surface area (Å²) in [4.78, 5) is 15.4. The Balaban J connectivity index is 1.63. The van der Waals surface area contributed by atoms with E-state index in [0.717, 1.165) is 16.8 Å². The highest BCUT2D eigenvalue weighted by molar-refractivity contribution is 5.96. The number of benzene rings is 3. The summed E-state index contributed by atoms with van der Waals surface area (Å²) in [6.07, 6.45) is 1.95. The van der Waals surface area contributed by atoms with E-state index in [4.69, 9.17) is 4.74 Å². The lowest BCUT2D eigenvalue weighted by molar-refractivity contribution is 0.0723.